The van der Waals surface area contributed by atoms with Crippen molar-refractivity contribution in [3.63, 3.8) is 0 Å². The third kappa shape index (κ3) is 2.85. The lowest BCUT2D eigenvalue weighted by Gasteiger charge is -2.27. The normalized spacial score (nSPS) is 17.4. The van der Waals surface area contributed by atoms with Crippen molar-refractivity contribution in [2.45, 2.75) is 31.5 Å². The smallest absolute Gasteiger partial charge is 0.366 e. The molecular weight excluding hydrogens is 303 g/mol. The van der Waals surface area contributed by atoms with E-state index in [1.54, 1.807) is 6.07 Å². The van der Waals surface area contributed by atoms with Crippen LogP contribution >= 0.6 is 11.6 Å². The number of aliphatic hydroxyl groups is 1. The molecule has 6 heteroatoms. The van der Waals surface area contributed by atoms with Gasteiger partial charge in [-0.3, -0.25) is 0 Å². The van der Waals surface area contributed by atoms with Crippen LogP contribution in [0.25, 0.3) is 0 Å². The van der Waals surface area contributed by atoms with Gasteiger partial charge in [-0.15, -0.1) is 0 Å². The average Bonchev–Trinajstić information content (AvgIpc) is 3.22. The van der Waals surface area contributed by atoms with E-state index in [0.29, 0.717) is 0 Å². The van der Waals surface area contributed by atoms with E-state index in [1.807, 2.05) is 5.92 Å². The number of alkyl halides is 3. The van der Waals surface area contributed by atoms with Gasteiger partial charge in [0.25, 0.3) is 0 Å². The summed E-state index contributed by atoms with van der Waals surface area (Å²) in [5.41, 5.74) is -3.66. The van der Waals surface area contributed by atoms with Gasteiger partial charge in [-0.25, -0.2) is 0 Å². The van der Waals surface area contributed by atoms with Crippen LogP contribution in [0.1, 0.15) is 29.5 Å². The minimum Gasteiger partial charge on any atom is -0.366 e. The molecule has 0 saturated heterocycles. The number of rotatable bonds is 1. The molecule has 2 nitrogen and oxygen atoms in total. The number of nitrogens with zero attached hydrogens (tertiary/aromatic N) is 1. The second kappa shape index (κ2) is 5.26. The van der Waals surface area contributed by atoms with E-state index in [0.717, 1.165) is 25.0 Å². The molecule has 0 spiro atoms. The molecule has 1 aromatic rings. The predicted molar refractivity (Wildman–Crippen MR) is 71.4 cm³/mol. The topological polar surface area (TPSA) is 44.0 Å². The van der Waals surface area contributed by atoms with Crippen LogP contribution in [0.5, 0.6) is 0 Å². The lowest BCUT2D eigenvalue weighted by atomic mass is 9.88. The summed E-state index contributed by atoms with van der Waals surface area (Å²) in [7, 11) is 0. The molecule has 1 aromatic carbocycles. The number of halogens is 4. The maximum Gasteiger partial charge on any atom is 0.433 e. The van der Waals surface area contributed by atoms with Gasteiger partial charge in [-0.1, -0.05) is 29.5 Å². The fourth-order valence-electron chi connectivity index (χ4n) is 1.89. The van der Waals surface area contributed by atoms with Crippen LogP contribution in [0.2, 0.25) is 5.02 Å². The second-order valence-corrected chi connectivity index (χ2v) is 5.34. The molecule has 1 atom stereocenters. The highest BCUT2D eigenvalue weighted by Gasteiger charge is 2.55. The zero-order valence-corrected chi connectivity index (χ0v) is 11.8. The van der Waals surface area contributed by atoms with Crippen LogP contribution in [-0.2, 0) is 5.60 Å². The van der Waals surface area contributed by atoms with Crippen molar-refractivity contribution < 1.29 is 18.3 Å². The predicted octanol–water partition coefficient (Wildman–Crippen LogP) is 3.68. The summed E-state index contributed by atoms with van der Waals surface area (Å²) in [6.45, 7) is 1.33. The summed E-state index contributed by atoms with van der Waals surface area (Å²) in [5, 5.41) is 18.9. The van der Waals surface area contributed by atoms with Crippen molar-refractivity contribution in [1.82, 2.24) is 0 Å². The summed E-state index contributed by atoms with van der Waals surface area (Å²) in [5.74, 6) is 4.32. The fourth-order valence-corrected chi connectivity index (χ4v) is 2.10. The van der Waals surface area contributed by atoms with Gasteiger partial charge in [0.2, 0.25) is 5.60 Å². The van der Waals surface area contributed by atoms with Crippen LogP contribution in [0.15, 0.2) is 12.1 Å². The van der Waals surface area contributed by atoms with Crippen LogP contribution in [0, 0.1) is 36.0 Å². The Bertz CT molecular complexity index is 677. The molecule has 110 valence electrons. The first-order valence-corrected chi connectivity index (χ1v) is 6.60. The zero-order valence-electron chi connectivity index (χ0n) is 11.1. The van der Waals surface area contributed by atoms with Gasteiger partial charge in [0.15, 0.2) is 0 Å². The van der Waals surface area contributed by atoms with Gasteiger partial charge in [0.05, 0.1) is 10.6 Å². The molecule has 0 aromatic heterocycles. The molecule has 0 radical (unpaired) electrons. The average molecular weight is 314 g/mol. The summed E-state index contributed by atoms with van der Waals surface area (Å²) in [4.78, 5) is 0. The van der Waals surface area contributed by atoms with E-state index < -0.39 is 17.3 Å². The van der Waals surface area contributed by atoms with Crippen molar-refractivity contribution in [2.24, 2.45) is 5.92 Å². The molecule has 1 N–H and O–H groups in total. The van der Waals surface area contributed by atoms with Gasteiger partial charge in [0, 0.05) is 11.5 Å². The SMILES string of the molecule is Cc1c(C(O)(C#CC2CC2)C(F)(F)F)ccc(C#N)c1Cl. The van der Waals surface area contributed by atoms with E-state index in [9.17, 15) is 18.3 Å². The monoisotopic (exact) mass is 313 g/mol. The molecule has 0 heterocycles. The van der Waals surface area contributed by atoms with Crippen molar-refractivity contribution in [3.05, 3.63) is 33.8 Å². The molecule has 0 bridgehead atoms. The van der Waals surface area contributed by atoms with Crippen LogP contribution in [-0.4, -0.2) is 11.3 Å². The van der Waals surface area contributed by atoms with E-state index >= 15 is 0 Å². The highest BCUT2D eigenvalue weighted by atomic mass is 35.5. The molecule has 1 aliphatic carbocycles. The molecule has 0 aliphatic heterocycles. The highest BCUT2D eigenvalue weighted by molar-refractivity contribution is 6.32. The summed E-state index contributed by atoms with van der Waals surface area (Å²) in [6.07, 6.45) is -3.47. The molecule has 21 heavy (non-hydrogen) atoms. The van der Waals surface area contributed by atoms with Crippen LogP contribution < -0.4 is 0 Å². The Morgan fingerprint density at radius 3 is 2.43 bits per heavy atom. The molecule has 2 rings (SSSR count). The second-order valence-electron chi connectivity index (χ2n) is 4.96. The summed E-state index contributed by atoms with van der Waals surface area (Å²) in [6, 6.07) is 3.99. The third-order valence-corrected chi connectivity index (χ3v) is 3.83. The molecular formula is C15H11ClF3NO. The first-order chi connectivity index (χ1) is 9.70. The lowest BCUT2D eigenvalue weighted by Crippen LogP contribution is -2.41. The number of nitriles is 1. The third-order valence-electron chi connectivity index (χ3n) is 3.34. The molecule has 1 aliphatic rings. The Morgan fingerprint density at radius 1 is 1.33 bits per heavy atom. The number of hydrogen-bond acceptors (Lipinski definition) is 2. The van der Waals surface area contributed by atoms with Crippen molar-refractivity contribution in [1.29, 1.82) is 5.26 Å². The Morgan fingerprint density at radius 2 is 1.95 bits per heavy atom. The molecule has 1 fully saturated rings. The quantitative estimate of drug-likeness (QED) is 0.804. The van der Waals surface area contributed by atoms with Gasteiger partial charge < -0.3 is 5.11 Å². The highest BCUT2D eigenvalue weighted by Crippen LogP contribution is 2.42. The van der Waals surface area contributed by atoms with Crippen molar-refractivity contribution >= 4 is 11.6 Å². The minimum absolute atomic E-state index is 0.000591. The Kier molecular flexibility index (Phi) is 3.93. The first-order valence-electron chi connectivity index (χ1n) is 6.22. The summed E-state index contributed by atoms with van der Waals surface area (Å²) >= 11 is 5.88. The zero-order chi connectivity index (χ0) is 15.8. The lowest BCUT2D eigenvalue weighted by molar-refractivity contribution is -0.241. The van der Waals surface area contributed by atoms with E-state index in [2.05, 4.69) is 5.92 Å². The van der Waals surface area contributed by atoms with Gasteiger partial charge in [-0.05, 0) is 31.4 Å². The minimum atomic E-state index is -4.96. The maximum absolute atomic E-state index is 13.3. The van der Waals surface area contributed by atoms with Crippen molar-refractivity contribution in [3.8, 4) is 17.9 Å². The Hall–Kier alpha value is -1.69. The van der Waals surface area contributed by atoms with Gasteiger partial charge >= 0.3 is 6.18 Å². The fraction of sp³-hybridized carbons (Fsp3) is 0.400. The molecule has 0 amide bonds. The van der Waals surface area contributed by atoms with E-state index in [1.165, 1.54) is 6.92 Å². The number of benzene rings is 1. The summed E-state index contributed by atoms with van der Waals surface area (Å²) < 4.78 is 39.9. The van der Waals surface area contributed by atoms with Crippen molar-refractivity contribution in [2.75, 3.05) is 0 Å². The van der Waals surface area contributed by atoms with Gasteiger partial charge in [-0.2, -0.15) is 18.4 Å². The standard InChI is InChI=1S/C15H11ClF3NO/c1-9-12(5-4-11(8-20)13(9)16)14(21,15(17,18)19)7-6-10-2-3-10/h4-5,10,21H,2-3H2,1H3. The maximum atomic E-state index is 13.3. The molecule has 1 saturated carbocycles. The van der Waals surface area contributed by atoms with E-state index in [4.69, 9.17) is 16.9 Å². The number of hydrogen-bond donors (Lipinski definition) is 1. The first kappa shape index (κ1) is 15.7. The largest absolute Gasteiger partial charge is 0.433 e. The Balaban J connectivity index is 2.61. The van der Waals surface area contributed by atoms with Crippen LogP contribution in [0.3, 0.4) is 0 Å². The van der Waals surface area contributed by atoms with Crippen LogP contribution in [0.4, 0.5) is 13.2 Å². The van der Waals surface area contributed by atoms with E-state index in [-0.39, 0.29) is 22.1 Å². The molecule has 1 unspecified atom stereocenters. The van der Waals surface area contributed by atoms with Gasteiger partial charge in [0.1, 0.15) is 6.07 Å². The Labute approximate surface area is 125 Å².